The predicted octanol–water partition coefficient (Wildman–Crippen LogP) is -12.8. The monoisotopic (exact) mass is 322 g/mol. The Labute approximate surface area is 87.6 Å². The van der Waals surface area contributed by atoms with Crippen LogP contribution in [0.15, 0.2) is 0 Å². The molecule has 0 spiro atoms. The van der Waals surface area contributed by atoms with Crippen LogP contribution in [0.25, 0.3) is 0 Å². The molecule has 0 radical (unpaired) electrons. The summed E-state index contributed by atoms with van der Waals surface area (Å²) in [5.74, 6) is -4.56. The minimum absolute atomic E-state index is 0. The summed E-state index contributed by atoms with van der Waals surface area (Å²) in [6.07, 6.45) is -5.40. The molecule has 0 aromatic carbocycles. The first kappa shape index (κ1) is 48.2. The third-order valence-corrected chi connectivity index (χ3v) is 0.498. The van der Waals surface area contributed by atoms with Crippen molar-refractivity contribution in [2.45, 2.75) is 19.0 Å². The molecule has 0 amide bonds. The smallest absolute Gasteiger partial charge is 1.00 e. The van der Waals surface area contributed by atoms with Crippen LogP contribution >= 0.6 is 0 Å². The van der Waals surface area contributed by atoms with E-state index < -0.39 is 12.1 Å². The molecule has 11 heteroatoms. The molecule has 0 rings (SSSR count). The number of hydrogen-bond donors (Lipinski definition) is 0. The quantitative estimate of drug-likeness (QED) is 0.307. The van der Waals surface area contributed by atoms with Crippen LogP contribution in [0, 0.1) is 0 Å². The number of hydrogen-bond acceptors (Lipinski definition) is 0. The summed E-state index contributed by atoms with van der Waals surface area (Å²) in [6, 6.07) is 0. The fourth-order valence-corrected chi connectivity index (χ4v) is 0. The van der Waals surface area contributed by atoms with Crippen molar-refractivity contribution in [3.8, 4) is 0 Å². The van der Waals surface area contributed by atoms with Gasteiger partial charge in [-0.1, -0.05) is 0 Å². The molecule has 0 aliphatic carbocycles. The Kier molecular flexibility index (Phi) is 44.9. The van der Waals surface area contributed by atoms with Crippen LogP contribution in [0.4, 0.5) is 22.0 Å². The SMILES string of the molecule is CC(F)(F)C(F)(F)F.[F-].[F-].[F-].[F-].[F-].[Nb+5]. The van der Waals surface area contributed by atoms with E-state index in [4.69, 9.17) is 0 Å². The number of rotatable bonds is 0. The first-order valence-electron chi connectivity index (χ1n) is 1.69. The molecule has 90 valence electrons. The zero-order valence-electron chi connectivity index (χ0n) is 6.23. The van der Waals surface area contributed by atoms with Crippen LogP contribution in [-0.2, 0) is 22.4 Å². The van der Waals surface area contributed by atoms with Gasteiger partial charge in [0.15, 0.2) is 0 Å². The normalized spacial score (nSPS) is 8.14. The predicted molar refractivity (Wildman–Crippen MR) is 16.7 cm³/mol. The van der Waals surface area contributed by atoms with E-state index in [9.17, 15) is 22.0 Å². The summed E-state index contributed by atoms with van der Waals surface area (Å²) in [5.41, 5.74) is 0. The molecular formula is C3H3F10Nb. The molecule has 0 saturated heterocycles. The third kappa shape index (κ3) is 18.0. The zero-order chi connectivity index (χ0) is 7.00. The summed E-state index contributed by atoms with van der Waals surface area (Å²) in [4.78, 5) is 0. The van der Waals surface area contributed by atoms with Crippen molar-refractivity contribution in [2.75, 3.05) is 0 Å². The second kappa shape index (κ2) is 13.0. The molecule has 0 bridgehead atoms. The van der Waals surface area contributed by atoms with Gasteiger partial charge in [0, 0.05) is 6.92 Å². The Morgan fingerprint density at radius 3 is 0.714 bits per heavy atom. The van der Waals surface area contributed by atoms with Gasteiger partial charge in [0.05, 0.1) is 0 Å². The zero-order valence-corrected chi connectivity index (χ0v) is 8.43. The van der Waals surface area contributed by atoms with Gasteiger partial charge in [0.1, 0.15) is 0 Å². The third-order valence-electron chi connectivity index (χ3n) is 0.498. The summed E-state index contributed by atoms with van der Waals surface area (Å²) in [7, 11) is 0. The molecule has 0 saturated carbocycles. The molecule has 0 aromatic rings. The van der Waals surface area contributed by atoms with Crippen LogP contribution in [0.5, 0.6) is 0 Å². The van der Waals surface area contributed by atoms with Gasteiger partial charge in [0.2, 0.25) is 0 Å². The van der Waals surface area contributed by atoms with E-state index in [2.05, 4.69) is 0 Å². The maximum Gasteiger partial charge on any atom is 5.00 e. The van der Waals surface area contributed by atoms with Crippen molar-refractivity contribution in [1.82, 2.24) is 0 Å². The second-order valence-corrected chi connectivity index (χ2v) is 1.39. The maximum absolute atomic E-state index is 11.1. The van der Waals surface area contributed by atoms with Gasteiger partial charge in [-0.25, -0.2) is 0 Å². The van der Waals surface area contributed by atoms with Gasteiger partial charge in [-0.3, -0.25) is 0 Å². The number of halogens is 10. The molecule has 0 fully saturated rings. The number of alkyl halides is 5. The van der Waals surface area contributed by atoms with Crippen molar-refractivity contribution in [2.24, 2.45) is 0 Å². The first-order chi connectivity index (χ1) is 3.25. The second-order valence-electron chi connectivity index (χ2n) is 1.39. The molecule has 0 aliphatic rings. The first-order valence-corrected chi connectivity index (χ1v) is 1.69. The fourth-order valence-electron chi connectivity index (χ4n) is 0. The van der Waals surface area contributed by atoms with E-state index >= 15 is 0 Å². The van der Waals surface area contributed by atoms with E-state index in [1.807, 2.05) is 0 Å². The standard InChI is InChI=1S/C3H3F5.5FH.Nb/c1-2(4,5)3(6,7)8;;;;;;/h1H3;5*1H;/q;;;;;;+5/p-5. The van der Waals surface area contributed by atoms with Crippen molar-refractivity contribution in [1.29, 1.82) is 0 Å². The molecule has 14 heavy (non-hydrogen) atoms. The summed E-state index contributed by atoms with van der Waals surface area (Å²) >= 11 is 0. The maximum atomic E-state index is 11.1. The minimum Gasteiger partial charge on any atom is -1.00 e. The van der Waals surface area contributed by atoms with Crippen molar-refractivity contribution in [3.63, 3.8) is 0 Å². The molecule has 0 nitrogen and oxygen atoms in total. The molecular weight excluding hydrogens is 319 g/mol. The summed E-state index contributed by atoms with van der Waals surface area (Å²) in [6.45, 7) is -0.188. The Bertz CT molecular complexity index is 70.3. The van der Waals surface area contributed by atoms with E-state index in [0.717, 1.165) is 0 Å². The summed E-state index contributed by atoms with van der Waals surface area (Å²) in [5, 5.41) is 0. The van der Waals surface area contributed by atoms with E-state index in [1.165, 1.54) is 0 Å². The Balaban J connectivity index is -0.0000000163. The van der Waals surface area contributed by atoms with Gasteiger partial charge < -0.3 is 23.5 Å². The van der Waals surface area contributed by atoms with Gasteiger partial charge in [0.25, 0.3) is 0 Å². The van der Waals surface area contributed by atoms with Crippen LogP contribution in [0.2, 0.25) is 0 Å². The average molecular weight is 322 g/mol. The largest absolute Gasteiger partial charge is 5.00 e. The van der Waals surface area contributed by atoms with Gasteiger partial charge in [-0.05, 0) is 0 Å². The molecule has 0 N–H and O–H groups in total. The molecule has 0 heterocycles. The van der Waals surface area contributed by atoms with Gasteiger partial charge in [-0.2, -0.15) is 22.0 Å². The Hall–Kier alpha value is 0.0403. The minimum atomic E-state index is -5.40. The molecule has 0 aliphatic heterocycles. The van der Waals surface area contributed by atoms with E-state index in [-0.39, 0.29) is 52.8 Å². The van der Waals surface area contributed by atoms with Gasteiger partial charge in [-0.15, -0.1) is 0 Å². The molecule has 0 atom stereocenters. The van der Waals surface area contributed by atoms with E-state index in [0.29, 0.717) is 0 Å². The topological polar surface area (TPSA) is 0 Å². The van der Waals surface area contributed by atoms with E-state index in [1.54, 1.807) is 0 Å². The van der Waals surface area contributed by atoms with Crippen LogP contribution in [0.1, 0.15) is 6.92 Å². The van der Waals surface area contributed by atoms with Crippen molar-refractivity contribution < 1.29 is 67.9 Å². The van der Waals surface area contributed by atoms with Crippen LogP contribution in [-0.4, -0.2) is 12.1 Å². The molecule has 0 aromatic heterocycles. The van der Waals surface area contributed by atoms with Crippen molar-refractivity contribution in [3.05, 3.63) is 0 Å². The van der Waals surface area contributed by atoms with Crippen LogP contribution in [0.3, 0.4) is 0 Å². The Morgan fingerprint density at radius 1 is 0.643 bits per heavy atom. The van der Waals surface area contributed by atoms with Crippen molar-refractivity contribution >= 4 is 0 Å². The fraction of sp³-hybridized carbons (Fsp3) is 1.00. The molecule has 0 unspecified atom stereocenters. The van der Waals surface area contributed by atoms with Crippen LogP contribution < -0.4 is 23.5 Å². The summed E-state index contributed by atoms with van der Waals surface area (Å²) < 4.78 is 54.6. The average Bonchev–Trinajstić information content (AvgIpc) is 1.25. The van der Waals surface area contributed by atoms with Gasteiger partial charge >= 0.3 is 34.5 Å². The Morgan fingerprint density at radius 2 is 0.714 bits per heavy atom.